The van der Waals surface area contributed by atoms with Crippen molar-refractivity contribution < 1.29 is 4.79 Å². The molecule has 1 fully saturated rings. The van der Waals surface area contributed by atoms with Gasteiger partial charge < -0.3 is 5.32 Å². The van der Waals surface area contributed by atoms with E-state index >= 15 is 0 Å². The Bertz CT molecular complexity index is 163. The fourth-order valence-electron chi connectivity index (χ4n) is 1.74. The molecule has 1 aliphatic heterocycles. The van der Waals surface area contributed by atoms with E-state index in [0.717, 1.165) is 19.4 Å². The number of nitrogens with one attached hydrogen (secondary N) is 1. The Morgan fingerprint density at radius 2 is 2.18 bits per heavy atom. The standard InChI is InChI=1S/C9H17NO/c1-7-4-5-10-8(11)9(2,3)6-7/h7H,4-6H2,1-3H3,(H,10,11). The Morgan fingerprint density at radius 1 is 1.55 bits per heavy atom. The molecule has 1 amide bonds. The molecule has 0 bridgehead atoms. The van der Waals surface area contributed by atoms with Crippen molar-refractivity contribution in [2.75, 3.05) is 6.54 Å². The van der Waals surface area contributed by atoms with Crippen molar-refractivity contribution in [1.29, 1.82) is 0 Å². The van der Waals surface area contributed by atoms with Crippen molar-refractivity contribution in [2.24, 2.45) is 11.3 Å². The van der Waals surface area contributed by atoms with Crippen LogP contribution in [0, 0.1) is 11.3 Å². The van der Waals surface area contributed by atoms with Gasteiger partial charge in [-0.25, -0.2) is 0 Å². The van der Waals surface area contributed by atoms with Gasteiger partial charge in [0, 0.05) is 12.0 Å². The van der Waals surface area contributed by atoms with Crippen LogP contribution < -0.4 is 5.32 Å². The highest BCUT2D eigenvalue weighted by Gasteiger charge is 2.31. The molecule has 0 spiro atoms. The van der Waals surface area contributed by atoms with E-state index in [0.29, 0.717) is 5.92 Å². The summed E-state index contributed by atoms with van der Waals surface area (Å²) in [4.78, 5) is 11.4. The summed E-state index contributed by atoms with van der Waals surface area (Å²) in [5, 5.41) is 2.93. The van der Waals surface area contributed by atoms with Gasteiger partial charge in [-0.1, -0.05) is 20.8 Å². The number of carbonyl (C=O) groups is 1. The van der Waals surface area contributed by atoms with E-state index in [4.69, 9.17) is 0 Å². The van der Waals surface area contributed by atoms with Crippen LogP contribution in [0.2, 0.25) is 0 Å². The quantitative estimate of drug-likeness (QED) is 0.565. The number of hydrogen-bond donors (Lipinski definition) is 1. The minimum atomic E-state index is -0.157. The summed E-state index contributed by atoms with van der Waals surface area (Å²) < 4.78 is 0. The molecule has 0 aromatic heterocycles. The largest absolute Gasteiger partial charge is 0.356 e. The molecule has 0 aromatic rings. The van der Waals surface area contributed by atoms with E-state index in [-0.39, 0.29) is 11.3 Å². The van der Waals surface area contributed by atoms with Gasteiger partial charge in [0.2, 0.25) is 5.91 Å². The maximum Gasteiger partial charge on any atom is 0.225 e. The van der Waals surface area contributed by atoms with Crippen LogP contribution in [0.25, 0.3) is 0 Å². The predicted octanol–water partition coefficient (Wildman–Crippen LogP) is 1.56. The highest BCUT2D eigenvalue weighted by molar-refractivity contribution is 5.81. The fourth-order valence-corrected chi connectivity index (χ4v) is 1.74. The van der Waals surface area contributed by atoms with Crippen LogP contribution in [0.3, 0.4) is 0 Å². The van der Waals surface area contributed by atoms with E-state index in [1.165, 1.54) is 0 Å². The van der Waals surface area contributed by atoms with Crippen molar-refractivity contribution in [3.8, 4) is 0 Å². The maximum atomic E-state index is 11.4. The Hall–Kier alpha value is -0.530. The smallest absolute Gasteiger partial charge is 0.225 e. The Morgan fingerprint density at radius 3 is 2.82 bits per heavy atom. The molecular formula is C9H17NO. The number of rotatable bonds is 0. The lowest BCUT2D eigenvalue weighted by molar-refractivity contribution is -0.129. The molecule has 0 saturated carbocycles. The molecule has 64 valence electrons. The zero-order valence-corrected chi connectivity index (χ0v) is 7.61. The van der Waals surface area contributed by atoms with E-state index in [1.807, 2.05) is 13.8 Å². The van der Waals surface area contributed by atoms with Crippen molar-refractivity contribution in [2.45, 2.75) is 33.6 Å². The Labute approximate surface area is 68.4 Å². The monoisotopic (exact) mass is 155 g/mol. The van der Waals surface area contributed by atoms with Crippen molar-refractivity contribution in [3.63, 3.8) is 0 Å². The first-order valence-electron chi connectivity index (χ1n) is 4.31. The average molecular weight is 155 g/mol. The first-order chi connectivity index (χ1) is 5.02. The van der Waals surface area contributed by atoms with Crippen molar-refractivity contribution in [1.82, 2.24) is 5.32 Å². The van der Waals surface area contributed by atoms with E-state index in [9.17, 15) is 4.79 Å². The Kier molecular flexibility index (Phi) is 2.21. The molecule has 1 saturated heterocycles. The second-order valence-electron chi connectivity index (χ2n) is 4.24. The molecule has 0 aromatic carbocycles. The summed E-state index contributed by atoms with van der Waals surface area (Å²) in [6, 6.07) is 0. The molecule has 0 aliphatic carbocycles. The lowest BCUT2D eigenvalue weighted by Gasteiger charge is -2.21. The van der Waals surface area contributed by atoms with Gasteiger partial charge in [0.15, 0.2) is 0 Å². The molecule has 1 N–H and O–H groups in total. The van der Waals surface area contributed by atoms with Gasteiger partial charge in [0.25, 0.3) is 0 Å². The second-order valence-corrected chi connectivity index (χ2v) is 4.24. The van der Waals surface area contributed by atoms with Crippen LogP contribution in [-0.2, 0) is 4.79 Å². The van der Waals surface area contributed by atoms with Gasteiger partial charge >= 0.3 is 0 Å². The van der Waals surface area contributed by atoms with E-state index in [1.54, 1.807) is 0 Å². The molecule has 1 aliphatic rings. The first kappa shape index (κ1) is 8.57. The fraction of sp³-hybridized carbons (Fsp3) is 0.889. The molecule has 1 heterocycles. The van der Waals surface area contributed by atoms with Gasteiger partial charge in [0.05, 0.1) is 0 Å². The normalized spacial score (nSPS) is 30.8. The van der Waals surface area contributed by atoms with Crippen LogP contribution in [0.5, 0.6) is 0 Å². The molecule has 2 heteroatoms. The highest BCUT2D eigenvalue weighted by atomic mass is 16.2. The maximum absolute atomic E-state index is 11.4. The van der Waals surface area contributed by atoms with Crippen LogP contribution in [0.4, 0.5) is 0 Å². The third-order valence-electron chi connectivity index (χ3n) is 2.40. The lowest BCUT2D eigenvalue weighted by atomic mass is 9.83. The molecule has 1 unspecified atom stereocenters. The SMILES string of the molecule is CC1CCNC(=O)C(C)(C)C1. The average Bonchev–Trinajstić information content (AvgIpc) is 1.93. The molecule has 11 heavy (non-hydrogen) atoms. The summed E-state index contributed by atoms with van der Waals surface area (Å²) in [6.07, 6.45) is 2.13. The minimum Gasteiger partial charge on any atom is -0.356 e. The lowest BCUT2D eigenvalue weighted by Crippen LogP contribution is -2.34. The summed E-state index contributed by atoms with van der Waals surface area (Å²) >= 11 is 0. The van der Waals surface area contributed by atoms with Gasteiger partial charge in [-0.3, -0.25) is 4.79 Å². The number of amides is 1. The molecule has 2 nitrogen and oxygen atoms in total. The summed E-state index contributed by atoms with van der Waals surface area (Å²) in [5.41, 5.74) is -0.157. The van der Waals surface area contributed by atoms with E-state index < -0.39 is 0 Å². The van der Waals surface area contributed by atoms with Crippen LogP contribution in [-0.4, -0.2) is 12.5 Å². The van der Waals surface area contributed by atoms with Crippen molar-refractivity contribution >= 4 is 5.91 Å². The zero-order valence-electron chi connectivity index (χ0n) is 7.61. The molecule has 1 rings (SSSR count). The molecular weight excluding hydrogens is 138 g/mol. The predicted molar refractivity (Wildman–Crippen MR) is 45.2 cm³/mol. The van der Waals surface area contributed by atoms with E-state index in [2.05, 4.69) is 12.2 Å². The number of hydrogen-bond acceptors (Lipinski definition) is 1. The molecule has 1 atom stereocenters. The summed E-state index contributed by atoms with van der Waals surface area (Å²) in [5.74, 6) is 0.880. The van der Waals surface area contributed by atoms with Crippen molar-refractivity contribution in [3.05, 3.63) is 0 Å². The van der Waals surface area contributed by atoms with Crippen LogP contribution in [0.15, 0.2) is 0 Å². The second kappa shape index (κ2) is 2.84. The van der Waals surface area contributed by atoms with Gasteiger partial charge in [-0.05, 0) is 18.8 Å². The molecule has 0 radical (unpaired) electrons. The van der Waals surface area contributed by atoms with Gasteiger partial charge in [0.1, 0.15) is 0 Å². The minimum absolute atomic E-state index is 0.157. The first-order valence-corrected chi connectivity index (χ1v) is 4.31. The number of carbonyl (C=O) groups excluding carboxylic acids is 1. The van der Waals surface area contributed by atoms with Gasteiger partial charge in [-0.2, -0.15) is 0 Å². The van der Waals surface area contributed by atoms with Crippen LogP contribution >= 0.6 is 0 Å². The highest BCUT2D eigenvalue weighted by Crippen LogP contribution is 2.28. The third kappa shape index (κ3) is 1.95. The topological polar surface area (TPSA) is 29.1 Å². The van der Waals surface area contributed by atoms with Crippen LogP contribution in [0.1, 0.15) is 33.6 Å². The third-order valence-corrected chi connectivity index (χ3v) is 2.40. The zero-order chi connectivity index (χ0) is 8.48. The Balaban J connectivity index is 2.68. The van der Waals surface area contributed by atoms with Gasteiger partial charge in [-0.15, -0.1) is 0 Å². The summed E-state index contributed by atoms with van der Waals surface area (Å²) in [6.45, 7) is 7.10. The summed E-state index contributed by atoms with van der Waals surface area (Å²) in [7, 11) is 0.